The van der Waals surface area contributed by atoms with Gasteiger partial charge in [0, 0.05) is 29.7 Å². The van der Waals surface area contributed by atoms with Crippen LogP contribution in [0.1, 0.15) is 62.1 Å². The van der Waals surface area contributed by atoms with Gasteiger partial charge in [0.05, 0.1) is 0 Å². The van der Waals surface area contributed by atoms with Crippen molar-refractivity contribution in [1.29, 1.82) is 0 Å². The summed E-state index contributed by atoms with van der Waals surface area (Å²) in [6.45, 7) is 6.59. The van der Waals surface area contributed by atoms with Crippen LogP contribution < -0.4 is 5.32 Å². The van der Waals surface area contributed by atoms with Gasteiger partial charge in [-0.3, -0.25) is 9.59 Å². The van der Waals surface area contributed by atoms with Crippen molar-refractivity contribution >= 4 is 23.6 Å². The van der Waals surface area contributed by atoms with Gasteiger partial charge < -0.3 is 10.2 Å². The molecule has 5 heteroatoms. The Kier molecular flexibility index (Phi) is 9.22. The van der Waals surface area contributed by atoms with E-state index < -0.39 is 6.04 Å². The molecular formula is C27H36N2O2S. The lowest BCUT2D eigenvalue weighted by atomic mass is 10.1. The molecule has 0 spiro atoms. The number of aryl methyl sites for hydroxylation is 2. The molecule has 0 aliphatic heterocycles. The maximum atomic E-state index is 13.4. The highest BCUT2D eigenvalue weighted by Crippen LogP contribution is 2.22. The molecule has 1 aliphatic carbocycles. The summed E-state index contributed by atoms with van der Waals surface area (Å²) in [5, 5.41) is 3.21. The third-order valence-corrected chi connectivity index (χ3v) is 7.14. The molecule has 2 aromatic carbocycles. The molecule has 0 heterocycles. The number of thioether (sulfide) groups is 1. The van der Waals surface area contributed by atoms with E-state index >= 15 is 0 Å². The van der Waals surface area contributed by atoms with E-state index in [1.54, 1.807) is 16.7 Å². The van der Waals surface area contributed by atoms with Crippen LogP contribution in [0.2, 0.25) is 0 Å². The maximum absolute atomic E-state index is 13.4. The molecule has 1 fully saturated rings. The normalized spacial score (nSPS) is 14.8. The van der Waals surface area contributed by atoms with Crippen LogP contribution in [0.4, 0.5) is 0 Å². The summed E-state index contributed by atoms with van der Waals surface area (Å²) in [6, 6.07) is 16.4. The highest BCUT2D eigenvalue weighted by Gasteiger charge is 2.30. The number of hydrogen-bond donors (Lipinski definition) is 1. The van der Waals surface area contributed by atoms with Crippen LogP contribution in [0, 0.1) is 13.8 Å². The SMILES string of the molecule is CC[C@H](C(=O)NC1CCCC1)N(Cc1cccc(C)c1)C(=O)CCSc1ccc(C)cc1. The van der Waals surface area contributed by atoms with Crippen LogP contribution in [0.5, 0.6) is 0 Å². The van der Waals surface area contributed by atoms with E-state index in [0.717, 1.165) is 24.0 Å². The Labute approximate surface area is 197 Å². The first-order valence-electron chi connectivity index (χ1n) is 11.8. The summed E-state index contributed by atoms with van der Waals surface area (Å²) in [6.07, 6.45) is 5.45. The van der Waals surface area contributed by atoms with Gasteiger partial charge in [0.15, 0.2) is 0 Å². The molecule has 1 aliphatic rings. The number of carbonyl (C=O) groups excluding carboxylic acids is 2. The first kappa shape index (κ1) is 24.4. The number of carbonyl (C=O) groups is 2. The van der Waals surface area contributed by atoms with Crippen LogP contribution in [-0.2, 0) is 16.1 Å². The lowest BCUT2D eigenvalue weighted by molar-refractivity contribution is -0.141. The Morgan fingerprint density at radius 1 is 1.06 bits per heavy atom. The minimum absolute atomic E-state index is 0.00779. The fourth-order valence-corrected chi connectivity index (χ4v) is 5.17. The predicted molar refractivity (Wildman–Crippen MR) is 133 cm³/mol. The smallest absolute Gasteiger partial charge is 0.243 e. The fourth-order valence-electron chi connectivity index (χ4n) is 4.33. The Balaban J connectivity index is 1.69. The minimum atomic E-state index is -0.437. The van der Waals surface area contributed by atoms with Crippen LogP contribution in [-0.4, -0.2) is 34.6 Å². The molecule has 1 saturated carbocycles. The van der Waals surface area contributed by atoms with Gasteiger partial charge in [-0.1, -0.05) is 67.3 Å². The molecule has 172 valence electrons. The summed E-state index contributed by atoms with van der Waals surface area (Å²) in [4.78, 5) is 29.5. The van der Waals surface area contributed by atoms with Gasteiger partial charge in [0.1, 0.15) is 6.04 Å². The summed E-state index contributed by atoms with van der Waals surface area (Å²) in [7, 11) is 0. The van der Waals surface area contributed by atoms with E-state index in [9.17, 15) is 9.59 Å². The number of benzene rings is 2. The van der Waals surface area contributed by atoms with Gasteiger partial charge in [-0.15, -0.1) is 11.8 Å². The van der Waals surface area contributed by atoms with Gasteiger partial charge in [-0.05, 0) is 50.8 Å². The van der Waals surface area contributed by atoms with E-state index in [2.05, 4.69) is 55.6 Å². The highest BCUT2D eigenvalue weighted by atomic mass is 32.2. The molecule has 1 atom stereocenters. The molecule has 0 aromatic heterocycles. The van der Waals surface area contributed by atoms with Gasteiger partial charge in [0.25, 0.3) is 0 Å². The second kappa shape index (κ2) is 12.1. The first-order valence-corrected chi connectivity index (χ1v) is 12.8. The van der Waals surface area contributed by atoms with Crippen molar-refractivity contribution < 1.29 is 9.59 Å². The molecule has 0 saturated heterocycles. The number of hydrogen-bond acceptors (Lipinski definition) is 3. The third-order valence-electron chi connectivity index (χ3n) is 6.13. The zero-order chi connectivity index (χ0) is 22.9. The molecule has 0 bridgehead atoms. The van der Waals surface area contributed by atoms with Crippen molar-refractivity contribution in [3.05, 3.63) is 65.2 Å². The van der Waals surface area contributed by atoms with Crippen molar-refractivity contribution in [3.8, 4) is 0 Å². The maximum Gasteiger partial charge on any atom is 0.243 e. The number of nitrogens with zero attached hydrogens (tertiary/aromatic N) is 1. The van der Waals surface area contributed by atoms with Crippen LogP contribution in [0.3, 0.4) is 0 Å². The second-order valence-corrected chi connectivity index (χ2v) is 10.0. The van der Waals surface area contributed by atoms with E-state index in [4.69, 9.17) is 0 Å². The monoisotopic (exact) mass is 452 g/mol. The Morgan fingerprint density at radius 2 is 1.78 bits per heavy atom. The molecule has 1 N–H and O–H groups in total. The van der Waals surface area contributed by atoms with Crippen molar-refractivity contribution in [1.82, 2.24) is 10.2 Å². The van der Waals surface area contributed by atoms with E-state index in [1.165, 1.54) is 23.3 Å². The van der Waals surface area contributed by atoms with Crippen molar-refractivity contribution in [2.45, 2.75) is 82.8 Å². The molecule has 4 nitrogen and oxygen atoms in total. The highest BCUT2D eigenvalue weighted by molar-refractivity contribution is 7.99. The number of nitrogens with one attached hydrogen (secondary N) is 1. The van der Waals surface area contributed by atoms with Gasteiger partial charge in [0.2, 0.25) is 11.8 Å². The molecule has 2 aromatic rings. The van der Waals surface area contributed by atoms with E-state index in [0.29, 0.717) is 25.1 Å². The molecule has 3 rings (SSSR count). The third kappa shape index (κ3) is 7.13. The Morgan fingerprint density at radius 3 is 2.44 bits per heavy atom. The lowest BCUT2D eigenvalue weighted by Crippen LogP contribution is -2.51. The van der Waals surface area contributed by atoms with Crippen LogP contribution in [0.25, 0.3) is 0 Å². The van der Waals surface area contributed by atoms with Crippen molar-refractivity contribution in [3.63, 3.8) is 0 Å². The zero-order valence-electron chi connectivity index (χ0n) is 19.6. The summed E-state index contributed by atoms with van der Waals surface area (Å²) >= 11 is 1.69. The molecule has 2 amide bonds. The van der Waals surface area contributed by atoms with E-state index in [1.807, 2.05) is 19.1 Å². The van der Waals surface area contributed by atoms with Crippen molar-refractivity contribution in [2.24, 2.45) is 0 Å². The Bertz CT molecular complexity index is 891. The quantitative estimate of drug-likeness (QED) is 0.474. The average molecular weight is 453 g/mol. The number of amides is 2. The predicted octanol–water partition coefficient (Wildman–Crippen LogP) is 5.65. The topological polar surface area (TPSA) is 49.4 Å². The zero-order valence-corrected chi connectivity index (χ0v) is 20.4. The summed E-state index contributed by atoms with van der Waals surface area (Å²) in [5.74, 6) is 0.735. The van der Waals surface area contributed by atoms with E-state index in [-0.39, 0.29) is 17.9 Å². The van der Waals surface area contributed by atoms with Gasteiger partial charge >= 0.3 is 0 Å². The molecule has 32 heavy (non-hydrogen) atoms. The lowest BCUT2D eigenvalue weighted by Gasteiger charge is -2.31. The standard InChI is InChI=1S/C27H36N2O2S/c1-4-25(27(31)28-23-10-5-6-11-23)29(19-22-9-7-8-21(3)18-22)26(30)16-17-32-24-14-12-20(2)13-15-24/h7-9,12-15,18,23,25H,4-6,10-11,16-17,19H2,1-3H3,(H,28,31)/t25-/m1/s1. The summed E-state index contributed by atoms with van der Waals surface area (Å²) < 4.78 is 0. The molecule has 0 unspecified atom stereocenters. The van der Waals surface area contributed by atoms with Crippen LogP contribution in [0.15, 0.2) is 53.4 Å². The van der Waals surface area contributed by atoms with Crippen molar-refractivity contribution in [2.75, 3.05) is 5.75 Å². The minimum Gasteiger partial charge on any atom is -0.352 e. The number of rotatable bonds is 10. The second-order valence-electron chi connectivity index (χ2n) is 8.84. The summed E-state index contributed by atoms with van der Waals surface area (Å²) in [5.41, 5.74) is 3.46. The molecule has 0 radical (unpaired) electrons. The first-order chi connectivity index (χ1) is 15.5. The van der Waals surface area contributed by atoms with Crippen LogP contribution >= 0.6 is 11.8 Å². The average Bonchev–Trinajstić information content (AvgIpc) is 3.28. The largest absolute Gasteiger partial charge is 0.352 e. The Hall–Kier alpha value is -2.27. The van der Waals surface area contributed by atoms with Gasteiger partial charge in [-0.2, -0.15) is 0 Å². The molecular weight excluding hydrogens is 416 g/mol. The van der Waals surface area contributed by atoms with Gasteiger partial charge in [-0.25, -0.2) is 0 Å². The fraction of sp³-hybridized carbons (Fsp3) is 0.481.